The Bertz CT molecular complexity index is 428. The number of morpholine rings is 1. The Morgan fingerprint density at radius 3 is 3.10 bits per heavy atom. The lowest BCUT2D eigenvalue weighted by molar-refractivity contribution is -0.570. The molecule has 1 fully saturated rings. The second-order valence-corrected chi connectivity index (χ2v) is 3.86. The molecule has 0 bridgehead atoms. The van der Waals surface area contributed by atoms with Gasteiger partial charge in [-0.15, -0.1) is 0 Å². The van der Waals surface area contributed by atoms with Crippen LogP contribution < -0.4 is 5.32 Å². The van der Waals surface area contributed by atoms with E-state index in [-0.39, 0.29) is 6.61 Å². The molecule has 0 spiro atoms. The topological polar surface area (TPSA) is 96.0 Å². The van der Waals surface area contributed by atoms with Crippen LogP contribution in [-0.4, -0.2) is 61.7 Å². The Balaban J connectivity index is 2.55. The van der Waals surface area contributed by atoms with Crippen molar-refractivity contribution in [3.8, 4) is 6.07 Å². The molecule has 1 N–H and O–H groups in total. The zero-order valence-electron chi connectivity index (χ0n) is 11.7. The monoisotopic (exact) mass is 283 g/mol. The maximum atomic E-state index is 11.3. The van der Waals surface area contributed by atoms with Gasteiger partial charge in [-0.05, 0) is 13.8 Å². The maximum Gasteiger partial charge on any atom is 0.371 e. The van der Waals surface area contributed by atoms with Gasteiger partial charge in [-0.2, -0.15) is 5.26 Å². The number of oxime groups is 1. The fourth-order valence-electron chi connectivity index (χ4n) is 1.45. The number of nitrogens with zero attached hydrogens (tertiary/aromatic N) is 3. The van der Waals surface area contributed by atoms with Crippen LogP contribution in [0.2, 0.25) is 0 Å². The maximum absolute atomic E-state index is 11.3. The lowest BCUT2D eigenvalue weighted by Gasteiger charge is -2.21. The summed E-state index contributed by atoms with van der Waals surface area (Å²) in [6, 6.07) is 1.63. The molecule has 0 aromatic heterocycles. The van der Waals surface area contributed by atoms with Crippen LogP contribution in [0.4, 0.5) is 0 Å². The third-order valence-electron chi connectivity index (χ3n) is 2.38. The molecule has 1 saturated heterocycles. The molecule has 20 heavy (non-hydrogen) atoms. The van der Waals surface area contributed by atoms with Crippen molar-refractivity contribution < 1.29 is 23.7 Å². The Labute approximate surface area is 117 Å². The summed E-state index contributed by atoms with van der Waals surface area (Å²) >= 11 is 0. The van der Waals surface area contributed by atoms with Gasteiger partial charge in [0.15, 0.2) is 0 Å². The number of rotatable bonds is 6. The second-order valence-electron chi connectivity index (χ2n) is 3.86. The highest BCUT2D eigenvalue weighted by molar-refractivity contribution is 6.42. The van der Waals surface area contributed by atoms with E-state index in [1.54, 1.807) is 13.0 Å². The number of nitrogens with one attached hydrogen (secondary N) is 1. The summed E-state index contributed by atoms with van der Waals surface area (Å²) in [4.78, 5) is 16.4. The summed E-state index contributed by atoms with van der Waals surface area (Å²) in [5, 5.41) is 15.4. The summed E-state index contributed by atoms with van der Waals surface area (Å²) in [5.41, 5.74) is -0.428. The molecule has 1 atom stereocenters. The molecule has 0 aliphatic carbocycles. The summed E-state index contributed by atoms with van der Waals surface area (Å²) in [7, 11) is 0. The van der Waals surface area contributed by atoms with E-state index in [2.05, 4.69) is 15.2 Å². The van der Waals surface area contributed by atoms with Crippen LogP contribution in [0, 0.1) is 11.3 Å². The van der Waals surface area contributed by atoms with E-state index in [0.29, 0.717) is 13.2 Å². The van der Waals surface area contributed by atoms with E-state index in [4.69, 9.17) is 14.8 Å². The predicted octanol–water partition coefficient (Wildman–Crippen LogP) is -0.548. The fraction of sp³-hybridized carbons (Fsp3) is 0.667. The summed E-state index contributed by atoms with van der Waals surface area (Å²) < 4.78 is 12.0. The fourth-order valence-corrected chi connectivity index (χ4v) is 1.45. The van der Waals surface area contributed by atoms with E-state index in [9.17, 15) is 4.79 Å². The third-order valence-corrected chi connectivity index (χ3v) is 2.38. The van der Waals surface area contributed by atoms with Gasteiger partial charge in [0.25, 0.3) is 12.0 Å². The Hall–Kier alpha value is -2.14. The molecule has 1 rings (SSSR count). The first-order valence-corrected chi connectivity index (χ1v) is 6.44. The number of hydrogen-bond acceptors (Lipinski definition) is 6. The molecule has 0 aromatic carbocycles. The Morgan fingerprint density at radius 1 is 1.65 bits per heavy atom. The lowest BCUT2D eigenvalue weighted by Crippen LogP contribution is -2.40. The quantitative estimate of drug-likeness (QED) is 0.231. The van der Waals surface area contributed by atoms with Crippen molar-refractivity contribution >= 4 is 18.0 Å². The number of hydrogen-bond donors (Lipinski definition) is 1. The van der Waals surface area contributed by atoms with Crippen molar-refractivity contribution in [2.45, 2.75) is 20.1 Å². The Kier molecular flexibility index (Phi) is 7.06. The number of esters is 1. The molecule has 8 heteroatoms. The highest BCUT2D eigenvalue weighted by Crippen LogP contribution is 2.03. The van der Waals surface area contributed by atoms with Crippen LogP contribution in [0.1, 0.15) is 13.8 Å². The van der Waals surface area contributed by atoms with Gasteiger partial charge < -0.3 is 14.3 Å². The van der Waals surface area contributed by atoms with E-state index >= 15 is 0 Å². The zero-order chi connectivity index (χ0) is 14.8. The molecular weight excluding hydrogens is 264 g/mol. The average Bonchev–Trinajstić information content (AvgIpc) is 2.46. The van der Waals surface area contributed by atoms with Crippen LogP contribution in [0.5, 0.6) is 0 Å². The van der Waals surface area contributed by atoms with Gasteiger partial charge in [0.2, 0.25) is 6.34 Å². The SMILES string of the molecule is CCNC=[N+]1CCOC(O/N=C(\C#N)C(=O)OCC)C1. The Morgan fingerprint density at radius 2 is 2.45 bits per heavy atom. The molecule has 1 heterocycles. The molecule has 110 valence electrons. The molecule has 0 saturated carbocycles. The number of ether oxygens (including phenoxy) is 2. The van der Waals surface area contributed by atoms with Crippen LogP contribution in [0.3, 0.4) is 0 Å². The number of carbonyl (C=O) groups excluding carboxylic acids is 1. The van der Waals surface area contributed by atoms with Crippen molar-refractivity contribution in [3.05, 3.63) is 0 Å². The highest BCUT2D eigenvalue weighted by atomic mass is 16.8. The van der Waals surface area contributed by atoms with E-state index in [0.717, 1.165) is 13.1 Å². The van der Waals surface area contributed by atoms with Crippen molar-refractivity contribution in [2.24, 2.45) is 5.16 Å². The first-order chi connectivity index (χ1) is 9.71. The molecule has 1 aliphatic rings. The molecular formula is C12H19N4O4+. The summed E-state index contributed by atoms with van der Waals surface area (Å²) in [6.07, 6.45) is 1.22. The molecule has 1 unspecified atom stereocenters. The van der Waals surface area contributed by atoms with Gasteiger partial charge in [0, 0.05) is 0 Å². The van der Waals surface area contributed by atoms with Gasteiger partial charge in [-0.1, -0.05) is 5.16 Å². The largest absolute Gasteiger partial charge is 0.461 e. The normalized spacial score (nSPS) is 21.1. The first-order valence-electron chi connectivity index (χ1n) is 6.44. The standard InChI is InChI=1S/C12H18N4O4/c1-3-14-9-16-5-6-19-11(8-16)20-15-10(7-13)12(17)18-4-2/h9,11H,3-6,8H2,1-2H3/p+1/b15-10+. The minimum atomic E-state index is -0.804. The summed E-state index contributed by atoms with van der Waals surface area (Å²) in [6.45, 7) is 6.30. The molecule has 0 radical (unpaired) electrons. The number of nitriles is 1. The van der Waals surface area contributed by atoms with Crippen molar-refractivity contribution in [1.82, 2.24) is 5.32 Å². The van der Waals surface area contributed by atoms with E-state index < -0.39 is 18.0 Å². The molecule has 8 nitrogen and oxygen atoms in total. The highest BCUT2D eigenvalue weighted by Gasteiger charge is 2.22. The second kappa shape index (κ2) is 8.87. The average molecular weight is 283 g/mol. The van der Waals surface area contributed by atoms with Gasteiger partial charge >= 0.3 is 5.97 Å². The van der Waals surface area contributed by atoms with Crippen LogP contribution in [0.25, 0.3) is 0 Å². The smallest absolute Gasteiger partial charge is 0.371 e. The zero-order valence-corrected chi connectivity index (χ0v) is 11.7. The third kappa shape index (κ3) is 5.24. The predicted molar refractivity (Wildman–Crippen MR) is 70.2 cm³/mol. The van der Waals surface area contributed by atoms with Gasteiger partial charge in [-0.3, -0.25) is 9.89 Å². The van der Waals surface area contributed by atoms with E-state index in [1.165, 1.54) is 0 Å². The van der Waals surface area contributed by atoms with Crippen LogP contribution >= 0.6 is 0 Å². The van der Waals surface area contributed by atoms with Gasteiger partial charge in [0.05, 0.1) is 19.8 Å². The lowest BCUT2D eigenvalue weighted by atomic mass is 10.4. The summed E-state index contributed by atoms with van der Waals surface area (Å²) in [5.74, 6) is -0.804. The first kappa shape index (κ1) is 15.9. The van der Waals surface area contributed by atoms with Crippen molar-refractivity contribution in [3.63, 3.8) is 0 Å². The van der Waals surface area contributed by atoms with Crippen LogP contribution in [-0.2, 0) is 19.1 Å². The molecule has 1 aliphatic heterocycles. The van der Waals surface area contributed by atoms with Gasteiger partial charge in [-0.25, -0.2) is 4.79 Å². The van der Waals surface area contributed by atoms with Crippen molar-refractivity contribution in [1.29, 1.82) is 5.26 Å². The minimum absolute atomic E-state index is 0.172. The molecule has 0 aromatic rings. The molecule has 0 amide bonds. The number of carbonyl (C=O) groups is 1. The van der Waals surface area contributed by atoms with Crippen LogP contribution in [0.15, 0.2) is 5.16 Å². The minimum Gasteiger partial charge on any atom is -0.461 e. The van der Waals surface area contributed by atoms with E-state index in [1.807, 2.05) is 17.8 Å². The van der Waals surface area contributed by atoms with Gasteiger partial charge in [0.1, 0.15) is 19.2 Å². The van der Waals surface area contributed by atoms with Crippen molar-refractivity contribution in [2.75, 3.05) is 32.8 Å².